The van der Waals surface area contributed by atoms with Crippen molar-refractivity contribution < 1.29 is 19.1 Å². The second-order valence-corrected chi connectivity index (χ2v) is 6.61. The van der Waals surface area contributed by atoms with Crippen molar-refractivity contribution in [2.45, 2.75) is 13.0 Å². The normalized spacial score (nSPS) is 15.0. The van der Waals surface area contributed by atoms with E-state index in [2.05, 4.69) is 10.3 Å². The summed E-state index contributed by atoms with van der Waals surface area (Å²) in [7, 11) is 0. The number of urea groups is 1. The highest BCUT2D eigenvalue weighted by molar-refractivity contribution is 7.13. The monoisotopic (exact) mass is 379 g/mol. The summed E-state index contributed by atoms with van der Waals surface area (Å²) in [5.41, 5.74) is 0.889. The van der Waals surface area contributed by atoms with Gasteiger partial charge in [0.15, 0.2) is 11.8 Å². The zero-order chi connectivity index (χ0) is 18.0. The Hall–Kier alpha value is -2.45. The van der Waals surface area contributed by atoms with Crippen molar-refractivity contribution in [3.8, 4) is 10.6 Å². The predicted octanol–water partition coefficient (Wildman–Crippen LogP) is 2.56. The fourth-order valence-corrected chi connectivity index (χ4v) is 3.27. The minimum absolute atomic E-state index is 0.102. The lowest BCUT2D eigenvalue weighted by Crippen LogP contribution is -2.41. The quantitative estimate of drug-likeness (QED) is 0.825. The van der Waals surface area contributed by atoms with Crippen LogP contribution in [-0.4, -0.2) is 47.0 Å². The summed E-state index contributed by atoms with van der Waals surface area (Å²) in [4.78, 5) is 41.1. The van der Waals surface area contributed by atoms with Crippen molar-refractivity contribution in [3.63, 3.8) is 0 Å². The molecule has 25 heavy (non-hydrogen) atoms. The van der Waals surface area contributed by atoms with Gasteiger partial charge in [-0.05, 0) is 19.1 Å². The van der Waals surface area contributed by atoms with Gasteiger partial charge in [0.25, 0.3) is 5.91 Å². The molecule has 130 valence electrons. The number of carbonyl (C=O) groups is 3. The molecule has 0 spiro atoms. The van der Waals surface area contributed by atoms with E-state index in [1.807, 2.05) is 6.07 Å². The summed E-state index contributed by atoms with van der Waals surface area (Å²) in [5.74, 6) is -1.28. The van der Waals surface area contributed by atoms with Crippen molar-refractivity contribution in [3.05, 3.63) is 40.4 Å². The molecular formula is C16H14ClN3O4S. The summed E-state index contributed by atoms with van der Waals surface area (Å²) >= 11 is 7.22. The molecule has 1 N–H and O–H groups in total. The molecule has 1 aliphatic heterocycles. The van der Waals surface area contributed by atoms with Crippen LogP contribution in [0.3, 0.4) is 0 Å². The molecule has 2 heterocycles. The fourth-order valence-electron chi connectivity index (χ4n) is 2.29. The highest BCUT2D eigenvalue weighted by atomic mass is 35.5. The molecular weight excluding hydrogens is 366 g/mol. The maximum Gasteiger partial charge on any atom is 0.358 e. The first-order chi connectivity index (χ1) is 12.0. The largest absolute Gasteiger partial charge is 0.448 e. The smallest absolute Gasteiger partial charge is 0.358 e. The molecule has 3 amide bonds. The first kappa shape index (κ1) is 17.4. The Labute approximate surface area is 152 Å². The number of hydrogen-bond acceptors (Lipinski definition) is 6. The Morgan fingerprint density at radius 2 is 2.24 bits per heavy atom. The molecule has 1 aromatic heterocycles. The van der Waals surface area contributed by atoms with Crippen LogP contribution in [0.2, 0.25) is 5.02 Å². The van der Waals surface area contributed by atoms with Crippen LogP contribution < -0.4 is 5.32 Å². The van der Waals surface area contributed by atoms with Crippen LogP contribution in [0.4, 0.5) is 4.79 Å². The van der Waals surface area contributed by atoms with Gasteiger partial charge in [-0.15, -0.1) is 11.3 Å². The van der Waals surface area contributed by atoms with Crippen LogP contribution in [0.5, 0.6) is 0 Å². The number of benzene rings is 1. The second kappa shape index (κ2) is 7.20. The van der Waals surface area contributed by atoms with Gasteiger partial charge >= 0.3 is 12.0 Å². The van der Waals surface area contributed by atoms with E-state index in [0.29, 0.717) is 16.6 Å². The topological polar surface area (TPSA) is 88.6 Å². The third-order valence-corrected chi connectivity index (χ3v) is 4.67. The number of carbonyl (C=O) groups excluding carboxylic acids is 3. The Kier molecular flexibility index (Phi) is 5.00. The van der Waals surface area contributed by atoms with Gasteiger partial charge in [-0.2, -0.15) is 0 Å². The number of halogens is 1. The van der Waals surface area contributed by atoms with E-state index in [9.17, 15) is 14.4 Å². The first-order valence-corrected chi connectivity index (χ1v) is 8.73. The molecule has 1 saturated heterocycles. The van der Waals surface area contributed by atoms with Crippen LogP contribution in [0.25, 0.3) is 10.6 Å². The molecule has 2 aromatic rings. The Morgan fingerprint density at radius 1 is 1.44 bits per heavy atom. The fraction of sp³-hybridized carbons (Fsp3) is 0.250. The molecule has 1 aromatic carbocycles. The molecule has 1 aliphatic rings. The number of imide groups is 1. The molecule has 0 radical (unpaired) electrons. The molecule has 1 atom stereocenters. The molecule has 9 heteroatoms. The Bertz CT molecular complexity index is 838. The van der Waals surface area contributed by atoms with E-state index in [0.717, 1.165) is 10.5 Å². The lowest BCUT2D eigenvalue weighted by atomic mass is 10.2. The van der Waals surface area contributed by atoms with Crippen LogP contribution in [-0.2, 0) is 9.53 Å². The lowest BCUT2D eigenvalue weighted by Gasteiger charge is -2.17. The summed E-state index contributed by atoms with van der Waals surface area (Å²) in [6.45, 7) is 2.07. The molecule has 1 fully saturated rings. The summed E-state index contributed by atoms with van der Waals surface area (Å²) in [6, 6.07) is 6.63. The number of thiazole rings is 1. The van der Waals surface area contributed by atoms with Crippen molar-refractivity contribution in [1.82, 2.24) is 15.2 Å². The average molecular weight is 380 g/mol. The van der Waals surface area contributed by atoms with Crippen molar-refractivity contribution >= 4 is 40.8 Å². The highest BCUT2D eigenvalue weighted by Gasteiger charge is 2.32. The molecule has 0 aliphatic carbocycles. The van der Waals surface area contributed by atoms with Gasteiger partial charge in [-0.3, -0.25) is 9.69 Å². The van der Waals surface area contributed by atoms with Gasteiger partial charge in [0.1, 0.15) is 5.01 Å². The van der Waals surface area contributed by atoms with Crippen molar-refractivity contribution in [2.24, 2.45) is 0 Å². The Balaban J connectivity index is 1.67. The van der Waals surface area contributed by atoms with Crippen LogP contribution in [0, 0.1) is 0 Å². The molecule has 7 nitrogen and oxygen atoms in total. The number of esters is 1. The van der Waals surface area contributed by atoms with Gasteiger partial charge in [0, 0.05) is 29.1 Å². The number of nitrogens with one attached hydrogen (secondary N) is 1. The summed E-state index contributed by atoms with van der Waals surface area (Å²) < 4.78 is 5.14. The third-order valence-electron chi connectivity index (χ3n) is 3.54. The van der Waals surface area contributed by atoms with E-state index in [1.165, 1.54) is 18.3 Å². The summed E-state index contributed by atoms with van der Waals surface area (Å²) in [5, 5.41) is 5.26. The Morgan fingerprint density at radius 3 is 2.92 bits per heavy atom. The number of nitrogens with zero attached hydrogens (tertiary/aromatic N) is 2. The number of ether oxygens (including phenoxy) is 1. The van der Waals surface area contributed by atoms with E-state index in [4.69, 9.17) is 16.3 Å². The lowest BCUT2D eigenvalue weighted by molar-refractivity contribution is -0.136. The molecule has 3 rings (SSSR count). The van der Waals surface area contributed by atoms with Crippen molar-refractivity contribution in [2.75, 3.05) is 13.1 Å². The van der Waals surface area contributed by atoms with Gasteiger partial charge in [0.05, 0.1) is 0 Å². The number of hydrogen-bond donors (Lipinski definition) is 1. The third kappa shape index (κ3) is 3.80. The SMILES string of the molecule is CC(OC(=O)c1csc(-c2cccc(Cl)c2)n1)C(=O)N1CCNC1=O. The maximum atomic E-state index is 12.2. The van der Waals surface area contributed by atoms with E-state index in [1.54, 1.807) is 23.6 Å². The van der Waals surface area contributed by atoms with E-state index >= 15 is 0 Å². The average Bonchev–Trinajstić information content (AvgIpc) is 3.23. The first-order valence-electron chi connectivity index (χ1n) is 7.47. The summed E-state index contributed by atoms with van der Waals surface area (Å²) in [6.07, 6.45) is -1.08. The van der Waals surface area contributed by atoms with Crippen LogP contribution >= 0.6 is 22.9 Å². The van der Waals surface area contributed by atoms with Gasteiger partial charge < -0.3 is 10.1 Å². The zero-order valence-corrected chi connectivity index (χ0v) is 14.8. The second-order valence-electron chi connectivity index (χ2n) is 5.32. The number of rotatable bonds is 4. The zero-order valence-electron chi connectivity index (χ0n) is 13.2. The number of aromatic nitrogens is 1. The molecule has 1 unspecified atom stereocenters. The molecule has 0 saturated carbocycles. The predicted molar refractivity (Wildman–Crippen MR) is 92.5 cm³/mol. The minimum atomic E-state index is -1.08. The van der Waals surface area contributed by atoms with E-state index < -0.39 is 24.0 Å². The maximum absolute atomic E-state index is 12.2. The van der Waals surface area contributed by atoms with Gasteiger partial charge in [-0.25, -0.2) is 14.6 Å². The highest BCUT2D eigenvalue weighted by Crippen LogP contribution is 2.26. The molecule has 0 bridgehead atoms. The van der Waals surface area contributed by atoms with Gasteiger partial charge in [0.2, 0.25) is 0 Å². The van der Waals surface area contributed by atoms with Crippen LogP contribution in [0.1, 0.15) is 17.4 Å². The van der Waals surface area contributed by atoms with Crippen LogP contribution in [0.15, 0.2) is 29.6 Å². The standard InChI is InChI=1S/C16H14ClN3O4S/c1-9(14(21)20-6-5-18-16(20)23)24-15(22)12-8-25-13(19-12)10-3-2-4-11(17)7-10/h2-4,7-9H,5-6H2,1H3,(H,18,23). The minimum Gasteiger partial charge on any atom is -0.448 e. The van der Waals surface area contributed by atoms with Gasteiger partial charge in [-0.1, -0.05) is 23.7 Å². The number of amides is 3. The van der Waals surface area contributed by atoms with E-state index in [-0.39, 0.29) is 12.2 Å². The van der Waals surface area contributed by atoms with Crippen molar-refractivity contribution in [1.29, 1.82) is 0 Å².